The molecule has 0 saturated heterocycles. The van der Waals surface area contributed by atoms with Crippen LogP contribution in [0.1, 0.15) is 11.4 Å². The first-order valence-electron chi connectivity index (χ1n) is 6.37. The fourth-order valence-corrected chi connectivity index (χ4v) is 3.46. The average Bonchev–Trinajstić information content (AvgIpc) is 2.79. The summed E-state index contributed by atoms with van der Waals surface area (Å²) < 4.78 is 26.6. The van der Waals surface area contributed by atoms with E-state index in [4.69, 9.17) is 11.6 Å². The summed E-state index contributed by atoms with van der Waals surface area (Å²) in [6.45, 7) is 2.76. The molecule has 2 rings (SSSR count). The molecule has 1 aromatic heterocycles. The van der Waals surface area contributed by atoms with Crippen molar-refractivity contribution >= 4 is 33.2 Å². The number of nitrogens with one attached hydrogen (secondary N) is 3. The van der Waals surface area contributed by atoms with E-state index < -0.39 is 22.5 Å². The fourth-order valence-electron chi connectivity index (χ4n) is 1.93. The SMILES string of the molecule is Cc1n[nH]c(C)c1S(=O)(=O)NCC(=O)Nc1ccccc1Cl. The van der Waals surface area contributed by atoms with Crippen molar-refractivity contribution in [3.8, 4) is 0 Å². The molecule has 1 aromatic carbocycles. The quantitative estimate of drug-likeness (QED) is 0.767. The van der Waals surface area contributed by atoms with Crippen LogP contribution in [-0.2, 0) is 14.8 Å². The summed E-state index contributed by atoms with van der Waals surface area (Å²) in [6.07, 6.45) is 0. The Kier molecular flexibility index (Phi) is 4.84. The molecule has 0 bridgehead atoms. The molecule has 1 amide bonds. The zero-order chi connectivity index (χ0) is 16.3. The number of aromatic nitrogens is 2. The van der Waals surface area contributed by atoms with Crippen LogP contribution >= 0.6 is 11.6 Å². The number of carbonyl (C=O) groups excluding carboxylic acids is 1. The zero-order valence-electron chi connectivity index (χ0n) is 12.0. The lowest BCUT2D eigenvalue weighted by Gasteiger charge is -2.09. The van der Waals surface area contributed by atoms with Gasteiger partial charge in [-0.2, -0.15) is 5.10 Å². The van der Waals surface area contributed by atoms with E-state index in [9.17, 15) is 13.2 Å². The number of anilines is 1. The van der Waals surface area contributed by atoms with Crippen LogP contribution in [0.15, 0.2) is 29.2 Å². The Labute approximate surface area is 133 Å². The van der Waals surface area contributed by atoms with Gasteiger partial charge in [-0.15, -0.1) is 0 Å². The molecule has 3 N–H and O–H groups in total. The number of H-pyrrole nitrogens is 1. The first-order chi connectivity index (χ1) is 10.3. The summed E-state index contributed by atoms with van der Waals surface area (Å²) in [6, 6.07) is 6.69. The molecule has 2 aromatic rings. The number of halogens is 1. The van der Waals surface area contributed by atoms with Crippen LogP contribution in [0.3, 0.4) is 0 Å². The van der Waals surface area contributed by atoms with Gasteiger partial charge in [0.05, 0.1) is 28.6 Å². The Hall–Kier alpha value is -1.90. The number of amides is 1. The topological polar surface area (TPSA) is 104 Å². The highest BCUT2D eigenvalue weighted by Crippen LogP contribution is 2.20. The number of aryl methyl sites for hydroxylation is 2. The van der Waals surface area contributed by atoms with Gasteiger partial charge in [0.25, 0.3) is 0 Å². The molecular weight excluding hydrogens is 328 g/mol. The Bertz CT molecular complexity index is 782. The molecule has 1 heterocycles. The summed E-state index contributed by atoms with van der Waals surface area (Å²) in [5, 5.41) is 9.33. The number of nitrogens with zero attached hydrogens (tertiary/aromatic N) is 1. The van der Waals surface area contributed by atoms with E-state index in [1.54, 1.807) is 38.1 Å². The van der Waals surface area contributed by atoms with Gasteiger partial charge >= 0.3 is 0 Å². The number of carbonyl (C=O) groups is 1. The largest absolute Gasteiger partial charge is 0.324 e. The van der Waals surface area contributed by atoms with Gasteiger partial charge in [-0.25, -0.2) is 13.1 Å². The van der Waals surface area contributed by atoms with Crippen molar-refractivity contribution in [3.63, 3.8) is 0 Å². The molecule has 0 aliphatic rings. The van der Waals surface area contributed by atoms with E-state index in [1.165, 1.54) is 0 Å². The standard InChI is InChI=1S/C13H15ClN4O3S/c1-8-13(9(2)18-17-8)22(20,21)15-7-12(19)16-11-6-4-3-5-10(11)14/h3-6,15H,7H2,1-2H3,(H,16,19)(H,17,18). The highest BCUT2D eigenvalue weighted by molar-refractivity contribution is 7.89. The molecule has 0 spiro atoms. The van der Waals surface area contributed by atoms with Gasteiger partial charge in [0.15, 0.2) is 0 Å². The second kappa shape index (κ2) is 6.47. The molecule has 9 heteroatoms. The van der Waals surface area contributed by atoms with Gasteiger partial charge in [0.1, 0.15) is 4.90 Å². The van der Waals surface area contributed by atoms with Crippen LogP contribution in [0, 0.1) is 13.8 Å². The average molecular weight is 343 g/mol. The molecule has 22 heavy (non-hydrogen) atoms. The van der Waals surface area contributed by atoms with Crippen molar-refractivity contribution in [2.24, 2.45) is 0 Å². The number of hydrogen-bond donors (Lipinski definition) is 3. The van der Waals surface area contributed by atoms with Crippen molar-refractivity contribution in [3.05, 3.63) is 40.7 Å². The van der Waals surface area contributed by atoms with E-state index in [2.05, 4.69) is 20.2 Å². The van der Waals surface area contributed by atoms with E-state index in [1.807, 2.05) is 0 Å². The molecule has 0 aliphatic heterocycles. The third-order valence-corrected chi connectivity index (χ3v) is 4.89. The summed E-state index contributed by atoms with van der Waals surface area (Å²) in [7, 11) is -3.81. The highest BCUT2D eigenvalue weighted by Gasteiger charge is 2.22. The number of hydrogen-bond acceptors (Lipinski definition) is 4. The van der Waals surface area contributed by atoms with Crippen molar-refractivity contribution in [1.29, 1.82) is 0 Å². The van der Waals surface area contributed by atoms with E-state index in [0.29, 0.717) is 22.1 Å². The number of aromatic amines is 1. The van der Waals surface area contributed by atoms with Crippen LogP contribution in [-0.4, -0.2) is 31.1 Å². The maximum absolute atomic E-state index is 12.2. The normalized spacial score (nSPS) is 11.4. The van der Waals surface area contributed by atoms with Gasteiger partial charge in [-0.1, -0.05) is 23.7 Å². The summed E-state index contributed by atoms with van der Waals surface area (Å²) >= 11 is 5.92. The Balaban J connectivity index is 2.04. The van der Waals surface area contributed by atoms with Gasteiger partial charge in [-0.3, -0.25) is 9.89 Å². The monoisotopic (exact) mass is 342 g/mol. The lowest BCUT2D eigenvalue weighted by atomic mass is 10.3. The van der Waals surface area contributed by atoms with Crippen molar-refractivity contribution in [2.45, 2.75) is 18.7 Å². The van der Waals surface area contributed by atoms with E-state index >= 15 is 0 Å². The van der Waals surface area contributed by atoms with Crippen LogP contribution < -0.4 is 10.0 Å². The third-order valence-electron chi connectivity index (χ3n) is 2.90. The second-order valence-corrected chi connectivity index (χ2v) is 6.73. The smallest absolute Gasteiger partial charge is 0.244 e. The minimum Gasteiger partial charge on any atom is -0.324 e. The van der Waals surface area contributed by atoms with Crippen molar-refractivity contribution < 1.29 is 13.2 Å². The minimum atomic E-state index is -3.81. The van der Waals surface area contributed by atoms with E-state index in [-0.39, 0.29) is 4.90 Å². The van der Waals surface area contributed by atoms with Gasteiger partial charge in [0, 0.05) is 0 Å². The Morgan fingerprint density at radius 3 is 2.59 bits per heavy atom. The first-order valence-corrected chi connectivity index (χ1v) is 8.23. The lowest BCUT2D eigenvalue weighted by Crippen LogP contribution is -2.33. The second-order valence-electron chi connectivity index (χ2n) is 4.62. The minimum absolute atomic E-state index is 0.0537. The molecule has 0 aliphatic carbocycles. The predicted octanol–water partition coefficient (Wildman–Crippen LogP) is 1.60. The molecule has 0 radical (unpaired) electrons. The zero-order valence-corrected chi connectivity index (χ0v) is 13.5. The summed E-state index contributed by atoms with van der Waals surface area (Å²) in [4.78, 5) is 11.9. The summed E-state index contributed by atoms with van der Waals surface area (Å²) in [5.41, 5.74) is 1.18. The van der Waals surface area contributed by atoms with Gasteiger partial charge in [-0.05, 0) is 26.0 Å². The number of benzene rings is 1. The van der Waals surface area contributed by atoms with Crippen molar-refractivity contribution in [2.75, 3.05) is 11.9 Å². The fraction of sp³-hybridized carbons (Fsp3) is 0.231. The molecular formula is C13H15ClN4O3S. The number of para-hydroxylation sites is 1. The van der Waals surface area contributed by atoms with Crippen LogP contribution in [0.25, 0.3) is 0 Å². The lowest BCUT2D eigenvalue weighted by molar-refractivity contribution is -0.115. The maximum Gasteiger partial charge on any atom is 0.244 e. The van der Waals surface area contributed by atoms with Gasteiger partial charge in [0.2, 0.25) is 15.9 Å². The number of sulfonamides is 1. The van der Waals surface area contributed by atoms with Gasteiger partial charge < -0.3 is 5.32 Å². The first kappa shape index (κ1) is 16.5. The maximum atomic E-state index is 12.2. The molecule has 0 atom stereocenters. The summed E-state index contributed by atoms with van der Waals surface area (Å²) in [5.74, 6) is -0.518. The Morgan fingerprint density at radius 2 is 2.00 bits per heavy atom. The van der Waals surface area contributed by atoms with E-state index in [0.717, 1.165) is 0 Å². The van der Waals surface area contributed by atoms with Crippen LogP contribution in [0.2, 0.25) is 5.02 Å². The number of rotatable bonds is 5. The molecule has 0 fully saturated rings. The Morgan fingerprint density at radius 1 is 1.32 bits per heavy atom. The molecule has 7 nitrogen and oxygen atoms in total. The van der Waals surface area contributed by atoms with Crippen molar-refractivity contribution in [1.82, 2.24) is 14.9 Å². The van der Waals surface area contributed by atoms with Crippen LogP contribution in [0.5, 0.6) is 0 Å². The molecule has 0 unspecified atom stereocenters. The molecule has 118 valence electrons. The molecule has 0 saturated carbocycles. The third kappa shape index (κ3) is 3.65. The predicted molar refractivity (Wildman–Crippen MR) is 83.3 cm³/mol. The highest BCUT2D eigenvalue weighted by atomic mass is 35.5. The van der Waals surface area contributed by atoms with Crippen LogP contribution in [0.4, 0.5) is 5.69 Å².